The van der Waals surface area contributed by atoms with Crippen molar-refractivity contribution < 1.29 is 18.7 Å². The van der Waals surface area contributed by atoms with Crippen molar-refractivity contribution in [1.82, 2.24) is 10.2 Å². The fourth-order valence-electron chi connectivity index (χ4n) is 2.76. The Balaban J connectivity index is 1.69. The maximum Gasteiger partial charge on any atom is 0.318 e. The Bertz CT molecular complexity index is 628. The van der Waals surface area contributed by atoms with Gasteiger partial charge in [-0.3, -0.25) is 4.79 Å². The molecule has 0 aliphatic carbocycles. The molecule has 3 amide bonds. The van der Waals surface area contributed by atoms with Crippen LogP contribution in [0.1, 0.15) is 18.0 Å². The zero-order chi connectivity index (χ0) is 16.4. The lowest BCUT2D eigenvalue weighted by Gasteiger charge is -2.34. The van der Waals surface area contributed by atoms with E-state index in [4.69, 9.17) is 10.5 Å². The average molecular weight is 339 g/mol. The maximum atomic E-state index is 13.5. The van der Waals surface area contributed by atoms with E-state index in [1.165, 1.54) is 17.0 Å². The van der Waals surface area contributed by atoms with Gasteiger partial charge in [0.15, 0.2) is 6.10 Å². The minimum atomic E-state index is -0.777. The summed E-state index contributed by atoms with van der Waals surface area (Å²) in [7, 11) is 0. The number of hydrogen-bond acceptors (Lipinski definition) is 4. The fourth-order valence-corrected chi connectivity index (χ4v) is 3.87. The molecule has 23 heavy (non-hydrogen) atoms. The number of nitrogens with two attached hydrogens (primary N) is 1. The van der Waals surface area contributed by atoms with Crippen molar-refractivity contribution in [1.29, 1.82) is 0 Å². The monoisotopic (exact) mass is 339 g/mol. The van der Waals surface area contributed by atoms with E-state index in [9.17, 15) is 14.0 Å². The number of nitrogens with zero attached hydrogens (tertiary/aromatic N) is 1. The van der Waals surface area contributed by atoms with Crippen LogP contribution >= 0.6 is 11.8 Å². The summed E-state index contributed by atoms with van der Waals surface area (Å²) in [6, 6.07) is 4.12. The molecular weight excluding hydrogens is 321 g/mol. The van der Waals surface area contributed by atoms with E-state index in [2.05, 4.69) is 5.32 Å². The van der Waals surface area contributed by atoms with Gasteiger partial charge in [0.2, 0.25) is 5.91 Å². The minimum absolute atomic E-state index is 0.138. The molecule has 1 saturated heterocycles. The van der Waals surface area contributed by atoms with E-state index in [-0.39, 0.29) is 31.0 Å². The molecular formula is C15H18FN3O3S. The number of nitrogens with one attached hydrogen (secondary N) is 1. The quantitative estimate of drug-likeness (QED) is 0.849. The molecule has 2 unspecified atom stereocenters. The SMILES string of the molecule is NC(=O)C1CN(C(=O)NC2CCSc3ccc(F)cc32)CCO1. The molecule has 3 rings (SSSR count). The van der Waals surface area contributed by atoms with Gasteiger partial charge in [-0.05, 0) is 30.2 Å². The van der Waals surface area contributed by atoms with Crippen LogP contribution in [0.2, 0.25) is 0 Å². The van der Waals surface area contributed by atoms with Gasteiger partial charge in [-0.15, -0.1) is 11.8 Å². The first-order valence-corrected chi connectivity index (χ1v) is 8.42. The largest absolute Gasteiger partial charge is 0.367 e. The van der Waals surface area contributed by atoms with Gasteiger partial charge in [0, 0.05) is 17.2 Å². The zero-order valence-corrected chi connectivity index (χ0v) is 13.3. The standard InChI is InChI=1S/C15H18FN3O3S/c16-9-1-2-13-10(7-9)11(3-6-23-13)18-15(21)19-4-5-22-12(8-19)14(17)20/h1-2,7,11-12H,3-6,8H2,(H2,17,20)(H,18,21). The minimum Gasteiger partial charge on any atom is -0.367 e. The number of carbonyl (C=O) groups excluding carboxylic acids is 2. The van der Waals surface area contributed by atoms with Crippen LogP contribution in [0.3, 0.4) is 0 Å². The van der Waals surface area contributed by atoms with Gasteiger partial charge in [-0.2, -0.15) is 0 Å². The molecule has 0 spiro atoms. The molecule has 2 atom stereocenters. The Morgan fingerprint density at radius 2 is 2.26 bits per heavy atom. The average Bonchev–Trinajstić information content (AvgIpc) is 2.55. The van der Waals surface area contributed by atoms with Gasteiger partial charge in [0.1, 0.15) is 5.82 Å². The smallest absolute Gasteiger partial charge is 0.318 e. The van der Waals surface area contributed by atoms with Crippen molar-refractivity contribution in [2.24, 2.45) is 5.73 Å². The predicted molar refractivity (Wildman–Crippen MR) is 83.5 cm³/mol. The van der Waals surface area contributed by atoms with Gasteiger partial charge >= 0.3 is 6.03 Å². The van der Waals surface area contributed by atoms with Crippen molar-refractivity contribution >= 4 is 23.7 Å². The first-order chi connectivity index (χ1) is 11.0. The topological polar surface area (TPSA) is 84.7 Å². The van der Waals surface area contributed by atoms with E-state index in [1.807, 2.05) is 0 Å². The number of morpholine rings is 1. The van der Waals surface area contributed by atoms with Crippen LogP contribution in [0.25, 0.3) is 0 Å². The van der Waals surface area contributed by atoms with Crippen LogP contribution in [0.4, 0.5) is 9.18 Å². The van der Waals surface area contributed by atoms with Gasteiger partial charge in [-0.1, -0.05) is 0 Å². The van der Waals surface area contributed by atoms with Crippen molar-refractivity contribution in [2.45, 2.75) is 23.5 Å². The zero-order valence-electron chi connectivity index (χ0n) is 12.5. The number of thioether (sulfide) groups is 1. The summed E-state index contributed by atoms with van der Waals surface area (Å²) < 4.78 is 18.7. The van der Waals surface area contributed by atoms with Crippen LogP contribution in [-0.2, 0) is 9.53 Å². The van der Waals surface area contributed by atoms with Crippen molar-refractivity contribution in [3.63, 3.8) is 0 Å². The van der Waals surface area contributed by atoms with Gasteiger partial charge in [0.25, 0.3) is 0 Å². The number of benzene rings is 1. The third kappa shape index (κ3) is 3.59. The van der Waals surface area contributed by atoms with Crippen molar-refractivity contribution in [3.05, 3.63) is 29.6 Å². The van der Waals surface area contributed by atoms with Crippen molar-refractivity contribution in [2.75, 3.05) is 25.4 Å². The second kappa shape index (κ2) is 6.76. The number of ether oxygens (including phenoxy) is 1. The van der Waals surface area contributed by atoms with Crippen LogP contribution in [0.5, 0.6) is 0 Å². The third-order valence-electron chi connectivity index (χ3n) is 3.98. The predicted octanol–water partition coefficient (Wildman–Crippen LogP) is 1.26. The Kier molecular flexibility index (Phi) is 4.72. The summed E-state index contributed by atoms with van der Waals surface area (Å²) in [4.78, 5) is 26.1. The normalized spacial score (nSPS) is 24.0. The third-order valence-corrected chi connectivity index (χ3v) is 5.10. The summed E-state index contributed by atoms with van der Waals surface area (Å²) in [6.45, 7) is 0.804. The first kappa shape index (κ1) is 16.1. The summed E-state index contributed by atoms with van der Waals surface area (Å²) in [5.41, 5.74) is 6.03. The molecule has 8 heteroatoms. The highest BCUT2D eigenvalue weighted by Crippen LogP contribution is 2.36. The fraction of sp³-hybridized carbons (Fsp3) is 0.467. The van der Waals surface area contributed by atoms with E-state index >= 15 is 0 Å². The molecule has 6 nitrogen and oxygen atoms in total. The van der Waals surface area contributed by atoms with E-state index < -0.39 is 12.0 Å². The number of rotatable bonds is 2. The van der Waals surface area contributed by atoms with E-state index in [1.54, 1.807) is 17.8 Å². The molecule has 0 bridgehead atoms. The molecule has 2 heterocycles. The number of hydrogen-bond donors (Lipinski definition) is 2. The Morgan fingerprint density at radius 1 is 1.43 bits per heavy atom. The van der Waals surface area contributed by atoms with Crippen LogP contribution in [0, 0.1) is 5.82 Å². The van der Waals surface area contributed by atoms with Crippen LogP contribution < -0.4 is 11.1 Å². The molecule has 2 aliphatic rings. The number of urea groups is 1. The Morgan fingerprint density at radius 3 is 3.04 bits per heavy atom. The summed E-state index contributed by atoms with van der Waals surface area (Å²) in [5, 5.41) is 2.93. The van der Waals surface area contributed by atoms with Gasteiger partial charge < -0.3 is 20.7 Å². The lowest BCUT2D eigenvalue weighted by atomic mass is 10.0. The molecule has 0 aromatic heterocycles. The Hall–Kier alpha value is -1.80. The lowest BCUT2D eigenvalue weighted by molar-refractivity contribution is -0.133. The van der Waals surface area contributed by atoms with E-state index in [0.29, 0.717) is 6.54 Å². The second-order valence-electron chi connectivity index (χ2n) is 5.53. The molecule has 1 fully saturated rings. The van der Waals surface area contributed by atoms with Gasteiger partial charge in [0.05, 0.1) is 19.2 Å². The highest BCUT2D eigenvalue weighted by atomic mass is 32.2. The van der Waals surface area contributed by atoms with Gasteiger partial charge in [-0.25, -0.2) is 9.18 Å². The second-order valence-corrected chi connectivity index (χ2v) is 6.67. The van der Waals surface area contributed by atoms with Crippen LogP contribution in [0.15, 0.2) is 23.1 Å². The highest BCUT2D eigenvalue weighted by Gasteiger charge is 2.30. The first-order valence-electron chi connectivity index (χ1n) is 7.43. The highest BCUT2D eigenvalue weighted by molar-refractivity contribution is 7.99. The lowest BCUT2D eigenvalue weighted by Crippen LogP contribution is -2.53. The molecule has 3 N–H and O–H groups in total. The van der Waals surface area contributed by atoms with Crippen molar-refractivity contribution in [3.8, 4) is 0 Å². The maximum absolute atomic E-state index is 13.5. The van der Waals surface area contributed by atoms with E-state index in [0.717, 1.165) is 22.6 Å². The molecule has 2 aliphatic heterocycles. The summed E-state index contributed by atoms with van der Waals surface area (Å²) in [5.74, 6) is -0.0361. The number of halogens is 1. The molecule has 124 valence electrons. The molecule has 1 aromatic carbocycles. The number of fused-ring (bicyclic) bond motifs is 1. The summed E-state index contributed by atoms with van der Waals surface area (Å²) >= 11 is 1.66. The number of carbonyl (C=O) groups is 2. The number of amides is 3. The Labute approximate surface area is 137 Å². The number of primary amides is 1. The van der Waals surface area contributed by atoms with Crippen LogP contribution in [-0.4, -0.2) is 48.4 Å². The molecule has 1 aromatic rings. The molecule has 0 radical (unpaired) electrons. The summed E-state index contributed by atoms with van der Waals surface area (Å²) in [6.07, 6.45) is -0.0441. The molecule has 0 saturated carbocycles.